The van der Waals surface area contributed by atoms with Crippen LogP contribution in [0.25, 0.3) is 0 Å². The molecule has 1 saturated heterocycles. The fourth-order valence-corrected chi connectivity index (χ4v) is 4.67. The van der Waals surface area contributed by atoms with Gasteiger partial charge in [-0.2, -0.15) is 4.31 Å². The quantitative estimate of drug-likeness (QED) is 0.724. The molecule has 1 aliphatic rings. The van der Waals surface area contributed by atoms with E-state index in [2.05, 4.69) is 4.90 Å². The predicted octanol–water partition coefficient (Wildman–Crippen LogP) is 2.93. The summed E-state index contributed by atoms with van der Waals surface area (Å²) in [5.74, 6) is -0.189. The largest absolute Gasteiger partial charge is 0.368 e. The van der Waals surface area contributed by atoms with Crippen molar-refractivity contribution in [1.29, 1.82) is 0 Å². The van der Waals surface area contributed by atoms with Gasteiger partial charge in [0.1, 0.15) is 0 Å². The first-order valence-electron chi connectivity index (χ1n) is 9.50. The van der Waals surface area contributed by atoms with E-state index in [0.717, 1.165) is 21.1 Å². The van der Waals surface area contributed by atoms with Crippen LogP contribution in [-0.2, 0) is 14.8 Å². The molecular formula is C21H26ClN3O3S. The van der Waals surface area contributed by atoms with Crippen LogP contribution in [0.3, 0.4) is 0 Å². The summed E-state index contributed by atoms with van der Waals surface area (Å²) >= 11 is 6.12. The van der Waals surface area contributed by atoms with Crippen molar-refractivity contribution in [1.82, 2.24) is 9.21 Å². The SMILES string of the molecule is Cc1ccc(S(=O)(=O)N(C)CC(=O)N2CCN(c3cc(Cl)ccc3C)CC2)cc1. The number of carbonyl (C=O) groups is 1. The van der Waals surface area contributed by atoms with E-state index in [4.69, 9.17) is 11.6 Å². The van der Waals surface area contributed by atoms with Gasteiger partial charge in [0.05, 0.1) is 11.4 Å². The molecule has 1 heterocycles. The maximum absolute atomic E-state index is 12.7. The van der Waals surface area contributed by atoms with Crippen molar-refractivity contribution in [3.05, 3.63) is 58.6 Å². The van der Waals surface area contributed by atoms with Crippen molar-refractivity contribution in [2.75, 3.05) is 44.7 Å². The van der Waals surface area contributed by atoms with Crippen LogP contribution in [-0.4, -0.2) is 63.3 Å². The number of benzene rings is 2. The number of hydrogen-bond donors (Lipinski definition) is 0. The van der Waals surface area contributed by atoms with E-state index in [9.17, 15) is 13.2 Å². The van der Waals surface area contributed by atoms with E-state index in [1.54, 1.807) is 29.2 Å². The number of hydrogen-bond acceptors (Lipinski definition) is 4. The van der Waals surface area contributed by atoms with Gasteiger partial charge in [-0.1, -0.05) is 35.4 Å². The van der Waals surface area contributed by atoms with Crippen molar-refractivity contribution in [2.24, 2.45) is 0 Å². The van der Waals surface area contributed by atoms with E-state index in [1.165, 1.54) is 7.05 Å². The smallest absolute Gasteiger partial charge is 0.243 e. The molecule has 1 aliphatic heterocycles. The second kappa shape index (κ2) is 8.73. The van der Waals surface area contributed by atoms with Gasteiger partial charge in [0.15, 0.2) is 0 Å². The van der Waals surface area contributed by atoms with Crippen LogP contribution >= 0.6 is 11.6 Å². The first-order valence-corrected chi connectivity index (χ1v) is 11.3. The Morgan fingerprint density at radius 1 is 1.03 bits per heavy atom. The van der Waals surface area contributed by atoms with E-state index < -0.39 is 10.0 Å². The third-order valence-corrected chi connectivity index (χ3v) is 7.28. The highest BCUT2D eigenvalue weighted by molar-refractivity contribution is 7.89. The number of amides is 1. The summed E-state index contributed by atoms with van der Waals surface area (Å²) in [5.41, 5.74) is 3.19. The zero-order valence-electron chi connectivity index (χ0n) is 16.9. The fourth-order valence-electron chi connectivity index (χ4n) is 3.39. The Morgan fingerprint density at radius 3 is 2.28 bits per heavy atom. The van der Waals surface area contributed by atoms with Gasteiger partial charge in [0.2, 0.25) is 15.9 Å². The maximum Gasteiger partial charge on any atom is 0.243 e. The summed E-state index contributed by atoms with van der Waals surface area (Å²) < 4.78 is 26.5. The molecule has 0 bridgehead atoms. The molecule has 2 aromatic rings. The molecule has 0 unspecified atom stereocenters. The molecule has 3 rings (SSSR count). The number of carbonyl (C=O) groups excluding carboxylic acids is 1. The molecule has 8 heteroatoms. The molecular weight excluding hydrogens is 410 g/mol. The van der Waals surface area contributed by atoms with Crippen molar-refractivity contribution in [3.8, 4) is 0 Å². The Balaban J connectivity index is 1.60. The Morgan fingerprint density at radius 2 is 1.66 bits per heavy atom. The molecule has 1 amide bonds. The Hall–Kier alpha value is -2.09. The Bertz CT molecular complexity index is 985. The van der Waals surface area contributed by atoms with Gasteiger partial charge in [-0.05, 0) is 43.7 Å². The average molecular weight is 436 g/mol. The van der Waals surface area contributed by atoms with E-state index in [1.807, 2.05) is 32.0 Å². The minimum atomic E-state index is -3.69. The summed E-state index contributed by atoms with van der Waals surface area (Å²) in [4.78, 5) is 16.8. The number of anilines is 1. The van der Waals surface area contributed by atoms with Crippen LogP contribution in [0.2, 0.25) is 5.02 Å². The summed E-state index contributed by atoms with van der Waals surface area (Å²) in [6.07, 6.45) is 0. The van der Waals surface area contributed by atoms with Crippen LogP contribution in [0.4, 0.5) is 5.69 Å². The molecule has 0 aliphatic carbocycles. The molecule has 0 spiro atoms. The van der Waals surface area contributed by atoms with Gasteiger partial charge < -0.3 is 9.80 Å². The van der Waals surface area contributed by atoms with Crippen molar-refractivity contribution >= 4 is 33.2 Å². The van der Waals surface area contributed by atoms with Crippen molar-refractivity contribution in [3.63, 3.8) is 0 Å². The van der Waals surface area contributed by atoms with Crippen molar-refractivity contribution in [2.45, 2.75) is 18.7 Å². The standard InChI is InChI=1S/C21H26ClN3O3S/c1-16-4-8-19(9-5-16)29(27,28)23(3)15-21(26)25-12-10-24(11-13-25)20-14-18(22)7-6-17(20)2/h4-9,14H,10-13,15H2,1-3H3. The molecule has 0 radical (unpaired) electrons. The number of piperazine rings is 1. The highest BCUT2D eigenvalue weighted by Gasteiger charge is 2.27. The number of sulfonamides is 1. The number of nitrogens with zero attached hydrogens (tertiary/aromatic N) is 3. The number of halogens is 1. The van der Waals surface area contributed by atoms with Crippen LogP contribution in [0.1, 0.15) is 11.1 Å². The zero-order chi connectivity index (χ0) is 21.2. The lowest BCUT2D eigenvalue weighted by atomic mass is 10.1. The van der Waals surface area contributed by atoms with Crippen LogP contribution in [0.5, 0.6) is 0 Å². The second-order valence-electron chi connectivity index (χ2n) is 7.37. The highest BCUT2D eigenvalue weighted by atomic mass is 35.5. The molecule has 0 atom stereocenters. The van der Waals surface area contributed by atoms with Gasteiger partial charge in [-0.15, -0.1) is 0 Å². The number of rotatable bonds is 5. The molecule has 156 valence electrons. The Labute approximate surface area is 177 Å². The summed E-state index contributed by atoms with van der Waals surface area (Å²) in [5, 5.41) is 0.687. The van der Waals surface area contributed by atoms with Crippen LogP contribution in [0, 0.1) is 13.8 Å². The van der Waals surface area contributed by atoms with Gasteiger partial charge in [0, 0.05) is 43.9 Å². The first kappa shape index (κ1) is 21.6. The molecule has 29 heavy (non-hydrogen) atoms. The molecule has 0 saturated carbocycles. The summed E-state index contributed by atoms with van der Waals surface area (Å²) in [7, 11) is -2.25. The van der Waals surface area contributed by atoms with Crippen LogP contribution in [0.15, 0.2) is 47.4 Å². The zero-order valence-corrected chi connectivity index (χ0v) is 18.5. The first-order chi connectivity index (χ1) is 13.7. The van der Waals surface area contributed by atoms with Gasteiger partial charge in [-0.25, -0.2) is 8.42 Å². The second-order valence-corrected chi connectivity index (χ2v) is 9.85. The summed E-state index contributed by atoms with van der Waals surface area (Å²) in [6.45, 7) is 6.21. The van der Waals surface area contributed by atoms with Gasteiger partial charge in [-0.3, -0.25) is 4.79 Å². The Kier molecular flexibility index (Phi) is 6.51. The number of aryl methyl sites for hydroxylation is 2. The van der Waals surface area contributed by atoms with E-state index in [0.29, 0.717) is 31.2 Å². The van der Waals surface area contributed by atoms with Crippen LogP contribution < -0.4 is 4.90 Å². The van der Waals surface area contributed by atoms with E-state index >= 15 is 0 Å². The molecule has 6 nitrogen and oxygen atoms in total. The normalized spacial score (nSPS) is 15.1. The lowest BCUT2D eigenvalue weighted by molar-refractivity contribution is -0.131. The fraction of sp³-hybridized carbons (Fsp3) is 0.381. The molecule has 0 aromatic heterocycles. The average Bonchev–Trinajstić information content (AvgIpc) is 2.70. The lowest BCUT2D eigenvalue weighted by Crippen LogP contribution is -2.51. The van der Waals surface area contributed by atoms with Gasteiger partial charge in [0.25, 0.3) is 0 Å². The predicted molar refractivity (Wildman–Crippen MR) is 116 cm³/mol. The third-order valence-electron chi connectivity index (χ3n) is 5.23. The molecule has 2 aromatic carbocycles. The minimum Gasteiger partial charge on any atom is -0.368 e. The number of likely N-dealkylation sites (N-methyl/N-ethyl adjacent to an activating group) is 1. The van der Waals surface area contributed by atoms with E-state index in [-0.39, 0.29) is 17.3 Å². The topological polar surface area (TPSA) is 60.9 Å². The molecule has 0 N–H and O–H groups in total. The van der Waals surface area contributed by atoms with Gasteiger partial charge >= 0.3 is 0 Å². The summed E-state index contributed by atoms with van der Waals surface area (Å²) in [6, 6.07) is 12.4. The lowest BCUT2D eigenvalue weighted by Gasteiger charge is -2.37. The monoisotopic (exact) mass is 435 g/mol. The molecule has 1 fully saturated rings. The minimum absolute atomic E-state index is 0.174. The maximum atomic E-state index is 12.7. The highest BCUT2D eigenvalue weighted by Crippen LogP contribution is 2.25. The van der Waals surface area contributed by atoms with Crippen molar-refractivity contribution < 1.29 is 13.2 Å². The third kappa shape index (κ3) is 4.91.